The average Bonchev–Trinajstić information content (AvgIpc) is 2.38. The van der Waals surface area contributed by atoms with Gasteiger partial charge in [-0.3, -0.25) is 4.79 Å². The Hall–Kier alpha value is -1.42. The van der Waals surface area contributed by atoms with Gasteiger partial charge in [-0.15, -0.1) is 12.4 Å². The van der Waals surface area contributed by atoms with E-state index in [1.54, 1.807) is 32.4 Å². The van der Waals surface area contributed by atoms with Crippen LogP contribution in [-0.4, -0.2) is 26.7 Å². The molecule has 1 aromatic rings. The lowest BCUT2D eigenvalue weighted by atomic mass is 10.2. The van der Waals surface area contributed by atoms with E-state index in [2.05, 4.69) is 12.2 Å². The fourth-order valence-electron chi connectivity index (χ4n) is 1.46. The Labute approximate surface area is 114 Å². The highest BCUT2D eigenvalue weighted by atomic mass is 35.5. The molecule has 0 aromatic heterocycles. The number of hydrogen-bond donors (Lipinski definition) is 1. The largest absolute Gasteiger partial charge is 0.493 e. The van der Waals surface area contributed by atoms with Gasteiger partial charge >= 0.3 is 0 Å². The normalized spacial score (nSPS) is 9.28. The highest BCUT2D eigenvalue weighted by molar-refractivity contribution is 5.94. The topological polar surface area (TPSA) is 47.6 Å². The van der Waals surface area contributed by atoms with E-state index >= 15 is 0 Å². The number of halogens is 1. The van der Waals surface area contributed by atoms with E-state index in [0.717, 1.165) is 12.8 Å². The molecule has 102 valence electrons. The Morgan fingerprint density at radius 1 is 1.22 bits per heavy atom. The van der Waals surface area contributed by atoms with Gasteiger partial charge in [0.25, 0.3) is 5.91 Å². The first-order chi connectivity index (χ1) is 8.22. The molecule has 1 aromatic carbocycles. The fraction of sp³-hybridized carbons (Fsp3) is 0.462. The summed E-state index contributed by atoms with van der Waals surface area (Å²) >= 11 is 0. The monoisotopic (exact) mass is 273 g/mol. The predicted octanol–water partition coefficient (Wildman–Crippen LogP) is 2.66. The second-order valence-electron chi connectivity index (χ2n) is 3.68. The highest BCUT2D eigenvalue weighted by Crippen LogP contribution is 2.27. The lowest BCUT2D eigenvalue weighted by Crippen LogP contribution is -2.24. The van der Waals surface area contributed by atoms with Crippen molar-refractivity contribution in [3.05, 3.63) is 23.8 Å². The zero-order valence-corrected chi connectivity index (χ0v) is 11.8. The number of nitrogens with one attached hydrogen (secondary N) is 1. The Bertz CT molecular complexity index is 382. The number of carbonyl (C=O) groups excluding carboxylic acids is 1. The molecule has 1 N–H and O–H groups in total. The summed E-state index contributed by atoms with van der Waals surface area (Å²) in [5, 5.41) is 2.85. The van der Waals surface area contributed by atoms with Gasteiger partial charge in [0.1, 0.15) is 0 Å². The lowest BCUT2D eigenvalue weighted by Gasteiger charge is -2.09. The molecule has 0 bridgehead atoms. The molecule has 18 heavy (non-hydrogen) atoms. The minimum atomic E-state index is -0.0839. The molecule has 0 aliphatic heterocycles. The molecule has 0 spiro atoms. The van der Waals surface area contributed by atoms with Gasteiger partial charge in [0, 0.05) is 12.1 Å². The van der Waals surface area contributed by atoms with Crippen molar-refractivity contribution in [2.45, 2.75) is 19.8 Å². The Morgan fingerprint density at radius 3 is 2.44 bits per heavy atom. The second-order valence-corrected chi connectivity index (χ2v) is 3.68. The van der Waals surface area contributed by atoms with Crippen LogP contribution in [0, 0.1) is 0 Å². The first kappa shape index (κ1) is 16.6. The summed E-state index contributed by atoms with van der Waals surface area (Å²) in [6, 6.07) is 5.14. The average molecular weight is 274 g/mol. The van der Waals surface area contributed by atoms with Crippen molar-refractivity contribution in [1.29, 1.82) is 0 Å². The quantitative estimate of drug-likeness (QED) is 0.811. The number of carbonyl (C=O) groups is 1. The predicted molar refractivity (Wildman–Crippen MR) is 74.0 cm³/mol. The van der Waals surface area contributed by atoms with Gasteiger partial charge in [0.15, 0.2) is 11.5 Å². The summed E-state index contributed by atoms with van der Waals surface area (Å²) in [5.74, 6) is 1.10. The van der Waals surface area contributed by atoms with Gasteiger partial charge in [-0.25, -0.2) is 0 Å². The molecular weight excluding hydrogens is 254 g/mol. The molecular formula is C13H20ClNO3. The van der Waals surface area contributed by atoms with Crippen LogP contribution in [0.25, 0.3) is 0 Å². The molecule has 0 aliphatic carbocycles. The molecule has 0 fully saturated rings. The molecule has 0 heterocycles. The zero-order chi connectivity index (χ0) is 12.7. The number of unbranched alkanes of at least 4 members (excludes halogenated alkanes) is 1. The van der Waals surface area contributed by atoms with Crippen LogP contribution in [0.3, 0.4) is 0 Å². The van der Waals surface area contributed by atoms with Gasteiger partial charge < -0.3 is 14.8 Å². The number of rotatable bonds is 6. The summed E-state index contributed by atoms with van der Waals surface area (Å²) in [6.45, 7) is 2.78. The summed E-state index contributed by atoms with van der Waals surface area (Å²) < 4.78 is 10.3. The van der Waals surface area contributed by atoms with Crippen LogP contribution in [0.2, 0.25) is 0 Å². The maximum absolute atomic E-state index is 11.8. The smallest absolute Gasteiger partial charge is 0.251 e. The van der Waals surface area contributed by atoms with Crippen LogP contribution in [0.1, 0.15) is 30.1 Å². The third kappa shape index (κ3) is 4.45. The third-order valence-electron chi connectivity index (χ3n) is 2.46. The van der Waals surface area contributed by atoms with Gasteiger partial charge in [-0.1, -0.05) is 13.3 Å². The second kappa shape index (κ2) is 8.64. The molecule has 1 amide bonds. The van der Waals surface area contributed by atoms with Gasteiger partial charge in [0.2, 0.25) is 0 Å². The number of ether oxygens (including phenoxy) is 2. The number of hydrogen-bond acceptors (Lipinski definition) is 3. The molecule has 1 rings (SSSR count). The fourth-order valence-corrected chi connectivity index (χ4v) is 1.46. The Kier molecular flexibility index (Phi) is 7.96. The Morgan fingerprint density at radius 2 is 1.89 bits per heavy atom. The van der Waals surface area contributed by atoms with E-state index in [-0.39, 0.29) is 18.3 Å². The number of methoxy groups -OCH3 is 2. The van der Waals surface area contributed by atoms with E-state index in [0.29, 0.717) is 23.6 Å². The highest BCUT2D eigenvalue weighted by Gasteiger charge is 2.09. The lowest BCUT2D eigenvalue weighted by molar-refractivity contribution is 0.0952. The number of amides is 1. The van der Waals surface area contributed by atoms with Crippen LogP contribution in [-0.2, 0) is 0 Å². The summed E-state index contributed by atoms with van der Waals surface area (Å²) in [7, 11) is 3.12. The van der Waals surface area contributed by atoms with Crippen molar-refractivity contribution >= 4 is 18.3 Å². The van der Waals surface area contributed by atoms with Crippen molar-refractivity contribution in [3.63, 3.8) is 0 Å². The van der Waals surface area contributed by atoms with Crippen LogP contribution in [0.15, 0.2) is 18.2 Å². The maximum atomic E-state index is 11.8. The van der Waals surface area contributed by atoms with Crippen molar-refractivity contribution < 1.29 is 14.3 Å². The molecule has 0 saturated carbocycles. The van der Waals surface area contributed by atoms with Crippen molar-refractivity contribution in [2.75, 3.05) is 20.8 Å². The van der Waals surface area contributed by atoms with Crippen LogP contribution in [0.5, 0.6) is 11.5 Å². The standard InChI is InChI=1S/C13H19NO3.ClH/c1-4-5-8-14-13(15)10-6-7-11(16-2)12(9-10)17-3;/h6-7,9H,4-5,8H2,1-3H3,(H,14,15);1H. The Balaban J connectivity index is 0.00000289. The van der Waals surface area contributed by atoms with Crippen LogP contribution < -0.4 is 14.8 Å². The van der Waals surface area contributed by atoms with Crippen molar-refractivity contribution in [2.24, 2.45) is 0 Å². The van der Waals surface area contributed by atoms with E-state index < -0.39 is 0 Å². The van der Waals surface area contributed by atoms with E-state index in [1.807, 2.05) is 0 Å². The summed E-state index contributed by atoms with van der Waals surface area (Å²) in [6.07, 6.45) is 2.05. The van der Waals surface area contributed by atoms with Gasteiger partial charge in [-0.2, -0.15) is 0 Å². The molecule has 0 radical (unpaired) electrons. The van der Waals surface area contributed by atoms with Gasteiger partial charge in [-0.05, 0) is 24.6 Å². The molecule has 0 saturated heterocycles. The minimum absolute atomic E-state index is 0. The molecule has 0 atom stereocenters. The zero-order valence-electron chi connectivity index (χ0n) is 11.0. The van der Waals surface area contributed by atoms with E-state index in [4.69, 9.17) is 9.47 Å². The van der Waals surface area contributed by atoms with Crippen LogP contribution in [0.4, 0.5) is 0 Å². The first-order valence-electron chi connectivity index (χ1n) is 5.73. The van der Waals surface area contributed by atoms with E-state index in [1.165, 1.54) is 0 Å². The molecule has 0 aliphatic rings. The first-order valence-corrected chi connectivity index (χ1v) is 5.73. The SMILES string of the molecule is CCCCNC(=O)c1ccc(OC)c(OC)c1.Cl. The summed E-state index contributed by atoms with van der Waals surface area (Å²) in [4.78, 5) is 11.8. The number of benzene rings is 1. The minimum Gasteiger partial charge on any atom is -0.493 e. The van der Waals surface area contributed by atoms with Crippen molar-refractivity contribution in [1.82, 2.24) is 5.32 Å². The molecule has 4 nitrogen and oxygen atoms in total. The van der Waals surface area contributed by atoms with Crippen LogP contribution >= 0.6 is 12.4 Å². The van der Waals surface area contributed by atoms with Gasteiger partial charge in [0.05, 0.1) is 14.2 Å². The third-order valence-corrected chi connectivity index (χ3v) is 2.46. The summed E-state index contributed by atoms with van der Waals surface area (Å²) in [5.41, 5.74) is 0.582. The van der Waals surface area contributed by atoms with E-state index in [9.17, 15) is 4.79 Å². The maximum Gasteiger partial charge on any atom is 0.251 e. The molecule has 5 heteroatoms. The molecule has 0 unspecified atom stereocenters. The van der Waals surface area contributed by atoms with Crippen molar-refractivity contribution in [3.8, 4) is 11.5 Å².